The molecule has 0 unspecified atom stereocenters. The van der Waals surface area contributed by atoms with E-state index in [-0.39, 0.29) is 18.7 Å². The number of benzene rings is 1. The number of hydrogen-bond donors (Lipinski definition) is 0. The van der Waals surface area contributed by atoms with Gasteiger partial charge < -0.3 is 24.0 Å². The second-order valence-electron chi connectivity index (χ2n) is 9.39. The average molecular weight is 498 g/mol. The highest BCUT2D eigenvalue weighted by atomic mass is 32.1. The van der Waals surface area contributed by atoms with Gasteiger partial charge in [-0.3, -0.25) is 4.98 Å². The van der Waals surface area contributed by atoms with E-state index >= 15 is 0 Å². The van der Waals surface area contributed by atoms with Gasteiger partial charge in [0.05, 0.1) is 22.9 Å². The number of carbonyl (C=O) groups is 2. The van der Waals surface area contributed by atoms with Crippen LogP contribution in [-0.2, 0) is 16.1 Å². The van der Waals surface area contributed by atoms with Gasteiger partial charge in [-0.2, -0.15) is 0 Å². The van der Waals surface area contributed by atoms with Crippen molar-refractivity contribution in [3.05, 3.63) is 59.6 Å². The highest BCUT2D eigenvalue weighted by Gasteiger charge is 2.35. The van der Waals surface area contributed by atoms with Gasteiger partial charge in [0.1, 0.15) is 18.0 Å². The van der Waals surface area contributed by atoms with Crippen LogP contribution in [0.4, 0.5) is 9.59 Å². The molecule has 0 aliphatic carbocycles. The molecule has 2 amide bonds. The Hall–Kier alpha value is -3.33. The van der Waals surface area contributed by atoms with Crippen molar-refractivity contribution in [1.29, 1.82) is 0 Å². The first kappa shape index (κ1) is 24.8. The maximum atomic E-state index is 12.9. The largest absolute Gasteiger partial charge is 0.492 e. The smallest absolute Gasteiger partial charge is 0.410 e. The molecule has 1 aliphatic heterocycles. The Balaban J connectivity index is 1.40. The van der Waals surface area contributed by atoms with Crippen molar-refractivity contribution in [2.75, 3.05) is 26.2 Å². The summed E-state index contributed by atoms with van der Waals surface area (Å²) < 4.78 is 18.2. The van der Waals surface area contributed by atoms with Crippen molar-refractivity contribution in [1.82, 2.24) is 14.8 Å². The topological polar surface area (TPSA) is 81.2 Å². The van der Waals surface area contributed by atoms with Gasteiger partial charge in [-0.05, 0) is 43.8 Å². The third-order valence-electron chi connectivity index (χ3n) is 5.59. The molecule has 4 rings (SSSR count). The minimum Gasteiger partial charge on any atom is -0.492 e. The van der Waals surface area contributed by atoms with Crippen LogP contribution in [-0.4, -0.2) is 64.9 Å². The van der Waals surface area contributed by atoms with E-state index in [1.165, 1.54) is 0 Å². The van der Waals surface area contributed by atoms with Crippen LogP contribution in [0.15, 0.2) is 54.0 Å². The molecule has 8 nitrogen and oxygen atoms in total. The van der Waals surface area contributed by atoms with E-state index < -0.39 is 11.7 Å². The number of rotatable bonds is 6. The molecule has 0 N–H and O–H groups in total. The monoisotopic (exact) mass is 497 g/mol. The van der Waals surface area contributed by atoms with Gasteiger partial charge >= 0.3 is 12.2 Å². The van der Waals surface area contributed by atoms with Crippen LogP contribution < -0.4 is 4.74 Å². The van der Waals surface area contributed by atoms with Gasteiger partial charge in [0.25, 0.3) is 0 Å². The Kier molecular flexibility index (Phi) is 7.75. The summed E-state index contributed by atoms with van der Waals surface area (Å²) in [5, 5.41) is 1.98. The molecule has 186 valence electrons. The van der Waals surface area contributed by atoms with Crippen molar-refractivity contribution in [3.63, 3.8) is 0 Å². The minimum atomic E-state index is -0.605. The van der Waals surface area contributed by atoms with Gasteiger partial charge in [0, 0.05) is 32.3 Å². The fourth-order valence-electron chi connectivity index (χ4n) is 3.91. The number of pyridine rings is 1. The summed E-state index contributed by atoms with van der Waals surface area (Å²) in [6, 6.07) is 13.1. The van der Waals surface area contributed by atoms with Crippen molar-refractivity contribution in [2.24, 2.45) is 0 Å². The Bertz CT molecular complexity index is 1140. The summed E-state index contributed by atoms with van der Waals surface area (Å²) in [6.45, 7) is 7.21. The summed E-state index contributed by atoms with van der Waals surface area (Å²) in [7, 11) is 0. The quantitative estimate of drug-likeness (QED) is 0.458. The first-order chi connectivity index (χ1) is 16.8. The van der Waals surface area contributed by atoms with E-state index in [4.69, 9.17) is 14.2 Å². The molecule has 0 radical (unpaired) electrons. The second-order valence-corrected chi connectivity index (χ2v) is 10.3. The summed E-state index contributed by atoms with van der Waals surface area (Å²) in [4.78, 5) is 33.4. The second kappa shape index (κ2) is 10.9. The number of hydrogen-bond acceptors (Lipinski definition) is 7. The molecule has 1 aromatic carbocycles. The lowest BCUT2D eigenvalue weighted by Gasteiger charge is -2.41. The lowest BCUT2D eigenvalue weighted by atomic mass is 10.1. The molecule has 0 spiro atoms. The van der Waals surface area contributed by atoms with Gasteiger partial charge in [-0.1, -0.05) is 30.3 Å². The van der Waals surface area contributed by atoms with E-state index in [9.17, 15) is 9.59 Å². The Labute approximate surface area is 209 Å². The van der Waals surface area contributed by atoms with Crippen LogP contribution >= 0.6 is 11.3 Å². The zero-order chi connectivity index (χ0) is 24.8. The predicted octanol–water partition coefficient (Wildman–Crippen LogP) is 5.32. The standard InChI is InChI=1S/C26H31N3O5S/c1-26(2,3)34-25(31)29-14-13-28(24(30)33-18-19-7-5-4-6-8-19)17-20(29)10-15-32-22-9-12-27-21-11-16-35-23(21)22/h4-9,11-12,16,20H,10,13-15,17-18H2,1-3H3/t20-/m1/s1. The number of carbonyl (C=O) groups excluding carboxylic acids is 2. The molecule has 3 heterocycles. The molecule has 2 aromatic heterocycles. The first-order valence-corrected chi connectivity index (χ1v) is 12.6. The Morgan fingerprint density at radius 3 is 2.66 bits per heavy atom. The number of fused-ring (bicyclic) bond motifs is 1. The first-order valence-electron chi connectivity index (χ1n) is 11.7. The average Bonchev–Trinajstić information content (AvgIpc) is 3.32. The number of ether oxygens (including phenoxy) is 3. The number of thiophene rings is 1. The van der Waals surface area contributed by atoms with E-state index in [1.54, 1.807) is 27.3 Å². The maximum Gasteiger partial charge on any atom is 0.410 e. The highest BCUT2D eigenvalue weighted by molar-refractivity contribution is 7.17. The molecule has 1 atom stereocenters. The fourth-order valence-corrected chi connectivity index (χ4v) is 4.73. The lowest BCUT2D eigenvalue weighted by molar-refractivity contribution is -0.00612. The minimum absolute atomic E-state index is 0.207. The van der Waals surface area contributed by atoms with Crippen molar-refractivity contribution < 1.29 is 23.8 Å². The summed E-state index contributed by atoms with van der Waals surface area (Å²) in [6.07, 6.45) is 1.49. The number of nitrogens with zero attached hydrogens (tertiary/aromatic N) is 3. The third-order valence-corrected chi connectivity index (χ3v) is 6.51. The van der Waals surface area contributed by atoms with Crippen LogP contribution in [0.1, 0.15) is 32.8 Å². The maximum absolute atomic E-state index is 12.9. The summed E-state index contributed by atoms with van der Waals surface area (Å²) in [5.74, 6) is 0.767. The third kappa shape index (κ3) is 6.63. The van der Waals surface area contributed by atoms with Crippen molar-refractivity contribution in [2.45, 2.75) is 45.4 Å². The zero-order valence-electron chi connectivity index (χ0n) is 20.3. The number of piperazine rings is 1. The van der Waals surface area contributed by atoms with Crippen LogP contribution in [0.25, 0.3) is 10.2 Å². The molecule has 1 aliphatic rings. The van der Waals surface area contributed by atoms with Gasteiger partial charge in [-0.15, -0.1) is 11.3 Å². The SMILES string of the molecule is CC(C)(C)OC(=O)N1CCN(C(=O)OCc2ccccc2)C[C@H]1CCOc1ccnc2ccsc12. The molecule has 0 bridgehead atoms. The predicted molar refractivity (Wildman–Crippen MR) is 135 cm³/mol. The molecular weight excluding hydrogens is 466 g/mol. The lowest BCUT2D eigenvalue weighted by Crippen LogP contribution is -2.57. The summed E-state index contributed by atoms with van der Waals surface area (Å²) in [5.41, 5.74) is 1.22. The number of amides is 2. The molecule has 9 heteroatoms. The molecular formula is C26H31N3O5S. The van der Waals surface area contributed by atoms with Crippen LogP contribution in [0.2, 0.25) is 0 Å². The molecule has 3 aromatic rings. The normalized spacial score (nSPS) is 16.3. The molecule has 1 fully saturated rings. The Morgan fingerprint density at radius 1 is 1.09 bits per heavy atom. The number of aromatic nitrogens is 1. The van der Waals surface area contributed by atoms with Crippen LogP contribution in [0.3, 0.4) is 0 Å². The molecule has 35 heavy (non-hydrogen) atoms. The van der Waals surface area contributed by atoms with Crippen LogP contribution in [0.5, 0.6) is 5.75 Å². The van der Waals surface area contributed by atoms with Gasteiger partial charge in [-0.25, -0.2) is 9.59 Å². The zero-order valence-corrected chi connectivity index (χ0v) is 21.1. The fraction of sp³-hybridized carbons (Fsp3) is 0.423. The van der Waals surface area contributed by atoms with Gasteiger partial charge in [0.15, 0.2) is 0 Å². The van der Waals surface area contributed by atoms with Crippen LogP contribution in [0, 0.1) is 0 Å². The van der Waals surface area contributed by atoms with E-state index in [2.05, 4.69) is 4.98 Å². The van der Waals surface area contributed by atoms with E-state index in [0.29, 0.717) is 32.7 Å². The highest BCUT2D eigenvalue weighted by Crippen LogP contribution is 2.29. The van der Waals surface area contributed by atoms with E-state index in [1.807, 2.05) is 68.6 Å². The summed E-state index contributed by atoms with van der Waals surface area (Å²) >= 11 is 1.58. The molecule has 1 saturated heterocycles. The van der Waals surface area contributed by atoms with Gasteiger partial charge in [0.2, 0.25) is 0 Å². The van der Waals surface area contributed by atoms with Crippen molar-refractivity contribution in [3.8, 4) is 5.75 Å². The molecule has 0 saturated carbocycles. The Morgan fingerprint density at radius 2 is 1.89 bits per heavy atom. The van der Waals surface area contributed by atoms with Crippen molar-refractivity contribution >= 4 is 33.7 Å². The van der Waals surface area contributed by atoms with E-state index in [0.717, 1.165) is 21.5 Å².